The van der Waals surface area contributed by atoms with E-state index in [1.165, 1.54) is 11.3 Å². The van der Waals surface area contributed by atoms with Gasteiger partial charge in [-0.05, 0) is 25.1 Å². The van der Waals surface area contributed by atoms with Crippen LogP contribution in [0.5, 0.6) is 0 Å². The maximum Gasteiger partial charge on any atom is 0.227 e. The van der Waals surface area contributed by atoms with Gasteiger partial charge < -0.3 is 15.2 Å². The number of nitrogens with one attached hydrogen (secondary N) is 2. The number of thiazole rings is 1. The van der Waals surface area contributed by atoms with Crippen LogP contribution in [0.2, 0.25) is 0 Å². The number of nitrogens with zero attached hydrogens (tertiary/aromatic N) is 3. The van der Waals surface area contributed by atoms with Crippen LogP contribution in [0.4, 0.5) is 10.8 Å². The van der Waals surface area contributed by atoms with Gasteiger partial charge in [0.15, 0.2) is 5.13 Å². The van der Waals surface area contributed by atoms with E-state index in [9.17, 15) is 9.59 Å². The molecular formula is C22H21N5O3S. The van der Waals surface area contributed by atoms with E-state index in [1.807, 2.05) is 43.3 Å². The summed E-state index contributed by atoms with van der Waals surface area (Å²) in [7, 11) is 0. The molecule has 2 heterocycles. The number of hydrogen-bond acceptors (Lipinski definition) is 7. The van der Waals surface area contributed by atoms with Crippen LogP contribution in [0.25, 0.3) is 21.6 Å². The zero-order valence-electron chi connectivity index (χ0n) is 17.1. The number of fused-ring (bicyclic) bond motifs is 1. The Kier molecular flexibility index (Phi) is 6.03. The quantitative estimate of drug-likeness (QED) is 0.440. The van der Waals surface area contributed by atoms with E-state index in [-0.39, 0.29) is 18.2 Å². The Hall–Kier alpha value is -3.59. The minimum absolute atomic E-state index is 0.0841. The zero-order chi connectivity index (χ0) is 21.8. The summed E-state index contributed by atoms with van der Waals surface area (Å²) in [4.78, 5) is 32.6. The average molecular weight is 436 g/mol. The first-order valence-electron chi connectivity index (χ1n) is 9.90. The minimum atomic E-state index is -0.154. The van der Waals surface area contributed by atoms with Crippen molar-refractivity contribution >= 4 is 44.2 Å². The number of aromatic nitrogens is 3. The number of hydrogen-bond donors (Lipinski definition) is 2. The van der Waals surface area contributed by atoms with Crippen LogP contribution in [0.15, 0.2) is 47.0 Å². The maximum absolute atomic E-state index is 12.4. The third kappa shape index (κ3) is 5.13. The highest BCUT2D eigenvalue weighted by Crippen LogP contribution is 2.28. The topological polar surface area (TPSA) is 110 Å². The maximum atomic E-state index is 12.4. The molecule has 0 spiro atoms. The third-order valence-corrected chi connectivity index (χ3v) is 5.52. The second kappa shape index (κ2) is 9.05. The van der Waals surface area contributed by atoms with Gasteiger partial charge in [-0.1, -0.05) is 53.2 Å². The molecular weight excluding hydrogens is 414 g/mol. The first-order valence-corrected chi connectivity index (χ1v) is 10.7. The number of benzene rings is 2. The molecule has 0 radical (unpaired) electrons. The Morgan fingerprint density at radius 2 is 1.84 bits per heavy atom. The summed E-state index contributed by atoms with van der Waals surface area (Å²) in [6.07, 6.45) is 0.957. The molecule has 0 aliphatic carbocycles. The Bertz CT molecular complexity index is 1230. The molecule has 4 rings (SSSR count). The van der Waals surface area contributed by atoms with E-state index in [4.69, 9.17) is 4.52 Å². The van der Waals surface area contributed by atoms with Crippen molar-refractivity contribution in [1.82, 2.24) is 15.1 Å². The zero-order valence-corrected chi connectivity index (χ0v) is 18.0. The highest BCUT2D eigenvalue weighted by atomic mass is 32.1. The van der Waals surface area contributed by atoms with Crippen molar-refractivity contribution in [2.75, 3.05) is 10.6 Å². The van der Waals surface area contributed by atoms with Gasteiger partial charge in [0.1, 0.15) is 0 Å². The molecule has 2 aromatic heterocycles. The van der Waals surface area contributed by atoms with Gasteiger partial charge in [-0.15, -0.1) is 0 Å². The summed E-state index contributed by atoms with van der Waals surface area (Å²) >= 11 is 1.37. The molecule has 0 unspecified atom stereocenters. The molecule has 0 aliphatic heterocycles. The van der Waals surface area contributed by atoms with Crippen molar-refractivity contribution in [3.05, 3.63) is 53.9 Å². The van der Waals surface area contributed by atoms with E-state index < -0.39 is 0 Å². The van der Waals surface area contributed by atoms with Crippen LogP contribution < -0.4 is 10.6 Å². The molecule has 0 saturated carbocycles. The van der Waals surface area contributed by atoms with Gasteiger partial charge in [0.25, 0.3) is 0 Å². The fourth-order valence-electron chi connectivity index (χ4n) is 2.88. The molecule has 2 amide bonds. The van der Waals surface area contributed by atoms with Gasteiger partial charge in [-0.2, -0.15) is 4.98 Å². The Labute approximate surface area is 182 Å². The molecule has 0 fully saturated rings. The lowest BCUT2D eigenvalue weighted by atomic mass is 10.1. The molecule has 2 aromatic carbocycles. The largest absolute Gasteiger partial charge is 0.339 e. The van der Waals surface area contributed by atoms with Gasteiger partial charge in [0.2, 0.25) is 23.5 Å². The standard InChI is InChI=1S/C22H21N5O3S/c1-3-18(28)25-22-24-16-9-8-15(12-17(16)31-22)23-19(29)10-11-20-26-21(27-30-20)14-6-4-13(2)5-7-14/h4-9,12H,3,10-11H2,1-2H3,(H,23,29)(H,24,25,28). The van der Waals surface area contributed by atoms with E-state index in [2.05, 4.69) is 25.8 Å². The number of carbonyl (C=O) groups is 2. The average Bonchev–Trinajstić information content (AvgIpc) is 3.39. The van der Waals surface area contributed by atoms with E-state index >= 15 is 0 Å². The van der Waals surface area contributed by atoms with Crippen molar-refractivity contribution in [3.63, 3.8) is 0 Å². The highest BCUT2D eigenvalue weighted by molar-refractivity contribution is 7.22. The summed E-state index contributed by atoms with van der Waals surface area (Å²) in [6.45, 7) is 3.80. The molecule has 0 saturated heterocycles. The molecule has 0 aliphatic rings. The number of carbonyl (C=O) groups excluding carboxylic acids is 2. The van der Waals surface area contributed by atoms with Crippen molar-refractivity contribution in [2.45, 2.75) is 33.1 Å². The van der Waals surface area contributed by atoms with Crippen LogP contribution in [0.3, 0.4) is 0 Å². The van der Waals surface area contributed by atoms with Crippen LogP contribution in [-0.2, 0) is 16.0 Å². The number of anilines is 2. The number of rotatable bonds is 7. The normalized spacial score (nSPS) is 10.9. The van der Waals surface area contributed by atoms with Crippen LogP contribution in [0.1, 0.15) is 31.2 Å². The van der Waals surface area contributed by atoms with Crippen molar-refractivity contribution in [1.29, 1.82) is 0 Å². The Morgan fingerprint density at radius 3 is 2.61 bits per heavy atom. The summed E-state index contributed by atoms with van der Waals surface area (Å²) < 4.78 is 6.15. The lowest BCUT2D eigenvalue weighted by molar-refractivity contribution is -0.116. The smallest absolute Gasteiger partial charge is 0.227 e. The SMILES string of the molecule is CCC(=O)Nc1nc2ccc(NC(=O)CCc3nc(-c4ccc(C)cc4)no3)cc2s1. The van der Waals surface area contributed by atoms with Crippen LogP contribution >= 0.6 is 11.3 Å². The van der Waals surface area contributed by atoms with Crippen LogP contribution in [-0.4, -0.2) is 26.9 Å². The van der Waals surface area contributed by atoms with Crippen LogP contribution in [0, 0.1) is 6.92 Å². The second-order valence-electron chi connectivity index (χ2n) is 7.03. The predicted molar refractivity (Wildman–Crippen MR) is 120 cm³/mol. The molecule has 8 nitrogen and oxygen atoms in total. The van der Waals surface area contributed by atoms with Crippen molar-refractivity contribution in [3.8, 4) is 11.4 Å². The number of amides is 2. The van der Waals surface area contributed by atoms with E-state index in [0.29, 0.717) is 35.4 Å². The lowest BCUT2D eigenvalue weighted by Gasteiger charge is -2.03. The van der Waals surface area contributed by atoms with Gasteiger partial charge in [-0.25, -0.2) is 4.98 Å². The molecule has 2 N–H and O–H groups in total. The highest BCUT2D eigenvalue weighted by Gasteiger charge is 2.12. The molecule has 4 aromatic rings. The van der Waals surface area contributed by atoms with Crippen molar-refractivity contribution in [2.24, 2.45) is 0 Å². The third-order valence-electron chi connectivity index (χ3n) is 4.58. The summed E-state index contributed by atoms with van der Waals surface area (Å²) in [5, 5.41) is 10.2. The molecule has 158 valence electrons. The Morgan fingerprint density at radius 1 is 1.03 bits per heavy atom. The first-order chi connectivity index (χ1) is 15.0. The van der Waals surface area contributed by atoms with E-state index in [1.54, 1.807) is 13.0 Å². The first kappa shape index (κ1) is 20.7. The molecule has 0 atom stereocenters. The summed E-state index contributed by atoms with van der Waals surface area (Å²) in [5.74, 6) is 0.689. The summed E-state index contributed by atoms with van der Waals surface area (Å²) in [6, 6.07) is 13.3. The second-order valence-corrected chi connectivity index (χ2v) is 8.06. The molecule has 31 heavy (non-hydrogen) atoms. The van der Waals surface area contributed by atoms with Gasteiger partial charge in [0.05, 0.1) is 10.2 Å². The Balaban J connectivity index is 1.35. The fraction of sp³-hybridized carbons (Fsp3) is 0.227. The summed E-state index contributed by atoms with van der Waals surface area (Å²) in [5.41, 5.74) is 3.46. The van der Waals surface area contributed by atoms with Crippen molar-refractivity contribution < 1.29 is 14.1 Å². The predicted octanol–water partition coefficient (Wildman–Crippen LogP) is 4.57. The lowest BCUT2D eigenvalue weighted by Crippen LogP contribution is -2.12. The fourth-order valence-corrected chi connectivity index (χ4v) is 3.81. The van der Waals surface area contributed by atoms with E-state index in [0.717, 1.165) is 21.3 Å². The minimum Gasteiger partial charge on any atom is -0.339 e. The van der Waals surface area contributed by atoms with Gasteiger partial charge >= 0.3 is 0 Å². The monoisotopic (exact) mass is 435 g/mol. The molecule has 9 heteroatoms. The van der Waals surface area contributed by atoms with Gasteiger partial charge in [0, 0.05) is 30.5 Å². The molecule has 0 bridgehead atoms. The number of aryl methyl sites for hydroxylation is 2. The van der Waals surface area contributed by atoms with Gasteiger partial charge in [-0.3, -0.25) is 9.59 Å².